The molecule has 0 radical (unpaired) electrons. The maximum atomic E-state index is 12.8. The highest BCUT2D eigenvalue weighted by molar-refractivity contribution is 7.89. The van der Waals surface area contributed by atoms with Crippen molar-refractivity contribution in [2.45, 2.75) is 4.90 Å². The van der Waals surface area contributed by atoms with E-state index in [2.05, 4.69) is 10.3 Å². The second-order valence-electron chi connectivity index (χ2n) is 7.21. The second-order valence-corrected chi connectivity index (χ2v) is 9.54. The van der Waals surface area contributed by atoms with Crippen molar-refractivity contribution in [2.24, 2.45) is 0 Å². The molecule has 172 valence electrons. The average molecular weight is 490 g/mol. The molecule has 1 aliphatic heterocycles. The van der Waals surface area contributed by atoms with Gasteiger partial charge in [-0.2, -0.15) is 4.31 Å². The van der Waals surface area contributed by atoms with E-state index in [9.17, 15) is 18.0 Å². The number of anilines is 1. The minimum absolute atomic E-state index is 0.0593. The van der Waals surface area contributed by atoms with Gasteiger partial charge >= 0.3 is 5.97 Å². The van der Waals surface area contributed by atoms with Crippen LogP contribution in [0, 0.1) is 0 Å². The molecule has 11 heteroatoms. The Labute approximate surface area is 195 Å². The number of esters is 1. The van der Waals surface area contributed by atoms with E-state index in [4.69, 9.17) is 21.1 Å². The summed E-state index contributed by atoms with van der Waals surface area (Å²) in [5.41, 5.74) is 1.17. The van der Waals surface area contributed by atoms with Gasteiger partial charge in [-0.25, -0.2) is 18.2 Å². The molecule has 33 heavy (non-hydrogen) atoms. The van der Waals surface area contributed by atoms with Gasteiger partial charge in [-0.05, 0) is 48.5 Å². The number of halogens is 1. The molecule has 1 amide bonds. The van der Waals surface area contributed by atoms with Gasteiger partial charge in [0.2, 0.25) is 10.0 Å². The Kier molecular flexibility index (Phi) is 6.89. The second kappa shape index (κ2) is 9.84. The first-order valence-corrected chi connectivity index (χ1v) is 11.9. The summed E-state index contributed by atoms with van der Waals surface area (Å²) in [6.07, 6.45) is 0. The topological polar surface area (TPSA) is 115 Å². The van der Waals surface area contributed by atoms with E-state index in [0.717, 1.165) is 0 Å². The first-order chi connectivity index (χ1) is 15.8. The molecular weight excluding hydrogens is 470 g/mol. The van der Waals surface area contributed by atoms with E-state index in [1.165, 1.54) is 28.6 Å². The summed E-state index contributed by atoms with van der Waals surface area (Å²) in [4.78, 5) is 28.8. The maximum absolute atomic E-state index is 12.8. The number of amides is 1. The van der Waals surface area contributed by atoms with Crippen LogP contribution in [0.4, 0.5) is 5.69 Å². The van der Waals surface area contributed by atoms with Crippen molar-refractivity contribution in [3.63, 3.8) is 0 Å². The van der Waals surface area contributed by atoms with Crippen LogP contribution in [-0.4, -0.2) is 62.5 Å². The summed E-state index contributed by atoms with van der Waals surface area (Å²) in [5.74, 6) is -1.27. The zero-order valence-corrected chi connectivity index (χ0v) is 18.9. The lowest BCUT2D eigenvalue weighted by molar-refractivity contribution is -0.119. The predicted molar refractivity (Wildman–Crippen MR) is 122 cm³/mol. The van der Waals surface area contributed by atoms with Gasteiger partial charge in [0.1, 0.15) is 5.15 Å². The average Bonchev–Trinajstić information content (AvgIpc) is 2.83. The van der Waals surface area contributed by atoms with Gasteiger partial charge in [0.05, 0.1) is 29.2 Å². The molecule has 0 bridgehead atoms. The van der Waals surface area contributed by atoms with Crippen LogP contribution in [0.1, 0.15) is 10.4 Å². The highest BCUT2D eigenvalue weighted by Crippen LogP contribution is 2.21. The molecule has 1 fully saturated rings. The molecule has 2 aromatic carbocycles. The van der Waals surface area contributed by atoms with Gasteiger partial charge in [0.25, 0.3) is 5.91 Å². The Hall–Kier alpha value is -3.05. The summed E-state index contributed by atoms with van der Waals surface area (Å²) < 4.78 is 37.2. The predicted octanol–water partition coefficient (Wildman–Crippen LogP) is 2.70. The van der Waals surface area contributed by atoms with E-state index >= 15 is 0 Å². The van der Waals surface area contributed by atoms with Crippen LogP contribution in [-0.2, 0) is 24.3 Å². The number of hydrogen-bond acceptors (Lipinski definition) is 7. The third kappa shape index (κ3) is 5.48. The van der Waals surface area contributed by atoms with Gasteiger partial charge in [0.15, 0.2) is 6.61 Å². The van der Waals surface area contributed by atoms with Crippen LogP contribution >= 0.6 is 11.6 Å². The Morgan fingerprint density at radius 3 is 2.67 bits per heavy atom. The minimum atomic E-state index is -3.70. The summed E-state index contributed by atoms with van der Waals surface area (Å²) in [5, 5.41) is 3.60. The molecule has 1 aliphatic rings. The normalized spacial score (nSPS) is 14.7. The third-order valence-electron chi connectivity index (χ3n) is 4.95. The molecule has 0 spiro atoms. The molecule has 0 aliphatic carbocycles. The molecule has 3 aromatic rings. The maximum Gasteiger partial charge on any atom is 0.338 e. The number of benzene rings is 2. The Balaban J connectivity index is 1.37. The summed E-state index contributed by atoms with van der Waals surface area (Å²) in [6, 6.07) is 14.0. The lowest BCUT2D eigenvalue weighted by Gasteiger charge is -2.26. The number of pyridine rings is 1. The number of sulfonamides is 1. The van der Waals surface area contributed by atoms with E-state index in [1.54, 1.807) is 30.3 Å². The van der Waals surface area contributed by atoms with Gasteiger partial charge in [-0.15, -0.1) is 0 Å². The van der Waals surface area contributed by atoms with E-state index in [0.29, 0.717) is 29.3 Å². The van der Waals surface area contributed by atoms with E-state index in [1.807, 2.05) is 0 Å². The summed E-state index contributed by atoms with van der Waals surface area (Å²) >= 11 is 5.86. The minimum Gasteiger partial charge on any atom is -0.452 e. The number of rotatable bonds is 6. The first kappa shape index (κ1) is 23.1. The fraction of sp³-hybridized carbons (Fsp3) is 0.227. The van der Waals surface area contributed by atoms with Crippen molar-refractivity contribution in [2.75, 3.05) is 38.2 Å². The van der Waals surface area contributed by atoms with Crippen LogP contribution in [0.15, 0.2) is 59.5 Å². The van der Waals surface area contributed by atoms with Crippen molar-refractivity contribution >= 4 is 50.1 Å². The van der Waals surface area contributed by atoms with Crippen LogP contribution in [0.25, 0.3) is 10.9 Å². The highest BCUT2D eigenvalue weighted by Gasteiger charge is 2.26. The molecule has 2 heterocycles. The van der Waals surface area contributed by atoms with Crippen LogP contribution < -0.4 is 5.32 Å². The van der Waals surface area contributed by atoms with Gasteiger partial charge < -0.3 is 14.8 Å². The summed E-state index contributed by atoms with van der Waals surface area (Å²) in [7, 11) is -3.70. The largest absolute Gasteiger partial charge is 0.452 e. The number of morpholine rings is 1. The Morgan fingerprint density at radius 1 is 1.09 bits per heavy atom. The van der Waals surface area contributed by atoms with Crippen molar-refractivity contribution in [1.29, 1.82) is 0 Å². The van der Waals surface area contributed by atoms with Crippen molar-refractivity contribution in [1.82, 2.24) is 9.29 Å². The third-order valence-corrected chi connectivity index (χ3v) is 7.06. The molecule has 4 rings (SSSR count). The van der Waals surface area contributed by atoms with Gasteiger partial charge in [-0.1, -0.05) is 17.7 Å². The highest BCUT2D eigenvalue weighted by atomic mass is 35.5. The number of hydrogen-bond donors (Lipinski definition) is 1. The van der Waals surface area contributed by atoms with Crippen molar-refractivity contribution in [3.05, 3.63) is 65.3 Å². The zero-order chi connectivity index (χ0) is 23.4. The molecule has 0 atom stereocenters. The standard InChI is InChI=1S/C22H20ClN3O6S/c23-20-7-5-15-12-16(4-6-19(15)25-20)22(28)32-14-21(27)24-17-2-1-3-18(13-17)33(29,30)26-8-10-31-11-9-26/h1-7,12-13H,8-11,14H2,(H,24,27). The fourth-order valence-electron chi connectivity index (χ4n) is 3.31. The van der Waals surface area contributed by atoms with Gasteiger partial charge in [0, 0.05) is 24.2 Å². The van der Waals surface area contributed by atoms with Crippen molar-refractivity contribution < 1.29 is 27.5 Å². The zero-order valence-electron chi connectivity index (χ0n) is 17.4. The number of aromatic nitrogens is 1. The van der Waals surface area contributed by atoms with Crippen LogP contribution in [0.3, 0.4) is 0 Å². The Morgan fingerprint density at radius 2 is 1.88 bits per heavy atom. The molecule has 9 nitrogen and oxygen atoms in total. The van der Waals surface area contributed by atoms with Crippen LogP contribution in [0.5, 0.6) is 0 Å². The Bertz CT molecular complexity index is 1310. The monoisotopic (exact) mass is 489 g/mol. The number of fused-ring (bicyclic) bond motifs is 1. The number of nitrogens with one attached hydrogen (secondary N) is 1. The van der Waals surface area contributed by atoms with Crippen LogP contribution in [0.2, 0.25) is 5.15 Å². The fourth-order valence-corrected chi connectivity index (χ4v) is 4.92. The lowest BCUT2D eigenvalue weighted by Crippen LogP contribution is -2.40. The molecule has 0 saturated carbocycles. The molecule has 1 saturated heterocycles. The molecule has 1 N–H and O–H groups in total. The summed E-state index contributed by atoms with van der Waals surface area (Å²) in [6.45, 7) is 0.681. The quantitative estimate of drug-likeness (QED) is 0.418. The molecule has 0 unspecified atom stereocenters. The lowest BCUT2D eigenvalue weighted by atomic mass is 10.1. The van der Waals surface area contributed by atoms with Gasteiger partial charge in [-0.3, -0.25) is 4.79 Å². The van der Waals surface area contributed by atoms with E-state index < -0.39 is 28.5 Å². The number of carbonyl (C=O) groups is 2. The van der Waals surface area contributed by atoms with E-state index in [-0.39, 0.29) is 29.2 Å². The SMILES string of the molecule is O=C(COC(=O)c1ccc2nc(Cl)ccc2c1)Nc1cccc(S(=O)(=O)N2CCOCC2)c1. The molecule has 1 aromatic heterocycles. The number of nitrogens with zero attached hydrogens (tertiary/aromatic N) is 2. The molecular formula is C22H20ClN3O6S. The number of carbonyl (C=O) groups excluding carboxylic acids is 2. The van der Waals surface area contributed by atoms with Crippen molar-refractivity contribution in [3.8, 4) is 0 Å². The smallest absolute Gasteiger partial charge is 0.338 e. The number of ether oxygens (including phenoxy) is 2. The first-order valence-electron chi connectivity index (χ1n) is 10.0.